The van der Waals surface area contributed by atoms with Crippen LogP contribution in [0.25, 0.3) is 0 Å². The lowest BCUT2D eigenvalue weighted by Gasteiger charge is -2.11. The van der Waals surface area contributed by atoms with Gasteiger partial charge in [0.05, 0.1) is 21.1 Å². The first-order valence-electron chi connectivity index (χ1n) is 8.74. The van der Waals surface area contributed by atoms with E-state index < -0.39 is 20.9 Å². The number of non-ortho nitro benzene ring substituents is 1. The Balaban J connectivity index is 1.66. The van der Waals surface area contributed by atoms with E-state index in [-0.39, 0.29) is 27.6 Å². The summed E-state index contributed by atoms with van der Waals surface area (Å²) >= 11 is 0. The van der Waals surface area contributed by atoms with Gasteiger partial charge in [0.25, 0.3) is 21.6 Å². The smallest absolute Gasteiger partial charge is 0.270 e. The van der Waals surface area contributed by atoms with E-state index in [1.165, 1.54) is 36.4 Å². The van der Waals surface area contributed by atoms with Gasteiger partial charge in [-0.25, -0.2) is 8.42 Å². The number of nitrogens with one attached hydrogen (secondary N) is 2. The predicted molar refractivity (Wildman–Crippen MR) is 110 cm³/mol. The van der Waals surface area contributed by atoms with Crippen LogP contribution in [-0.2, 0) is 10.0 Å². The number of amides is 1. The number of nitro benzene ring substituents is 1. The SMILES string of the molecule is Cc1ccc2c(c1)NC(=O)c1cc(NS(=O)(=O)c3cccc([N+](=O)[O-])c3)ccc1O2. The molecule has 1 aliphatic heterocycles. The fourth-order valence-electron chi connectivity index (χ4n) is 2.98. The van der Waals surface area contributed by atoms with Gasteiger partial charge in [0.2, 0.25) is 0 Å². The fraction of sp³-hybridized carbons (Fsp3) is 0.0500. The van der Waals surface area contributed by atoms with Gasteiger partial charge < -0.3 is 10.1 Å². The van der Waals surface area contributed by atoms with Crippen molar-refractivity contribution in [1.29, 1.82) is 0 Å². The second-order valence-electron chi connectivity index (χ2n) is 6.63. The molecule has 10 heteroatoms. The number of anilines is 2. The van der Waals surface area contributed by atoms with Crippen LogP contribution in [0, 0.1) is 17.0 Å². The fourth-order valence-corrected chi connectivity index (χ4v) is 4.07. The number of hydrogen-bond acceptors (Lipinski definition) is 6. The first-order valence-corrected chi connectivity index (χ1v) is 10.2. The molecule has 0 spiro atoms. The summed E-state index contributed by atoms with van der Waals surface area (Å²) in [4.78, 5) is 22.6. The standard InChI is InChI=1S/C20H15N3O6S/c1-12-5-7-19-17(9-12)21-20(24)16-10-13(6-8-18(16)29-19)22-30(27,28)15-4-2-3-14(11-15)23(25)26/h2-11,22H,1H3,(H,21,24). The van der Waals surface area contributed by atoms with Crippen LogP contribution < -0.4 is 14.8 Å². The van der Waals surface area contributed by atoms with Gasteiger partial charge in [-0.15, -0.1) is 0 Å². The Hall–Kier alpha value is -3.92. The Labute approximate surface area is 171 Å². The lowest BCUT2D eigenvalue weighted by Crippen LogP contribution is -2.15. The minimum absolute atomic E-state index is 0.112. The first kappa shape index (κ1) is 19.4. The van der Waals surface area contributed by atoms with Crippen LogP contribution in [0.4, 0.5) is 17.1 Å². The Morgan fingerprint density at radius 2 is 1.80 bits per heavy atom. The Bertz CT molecular complexity index is 1300. The molecule has 3 aromatic rings. The second-order valence-corrected chi connectivity index (χ2v) is 8.31. The molecule has 0 radical (unpaired) electrons. The van der Waals surface area contributed by atoms with Crippen molar-refractivity contribution in [2.45, 2.75) is 11.8 Å². The van der Waals surface area contributed by atoms with Crippen LogP contribution in [0.5, 0.6) is 11.5 Å². The topological polar surface area (TPSA) is 128 Å². The first-order chi connectivity index (χ1) is 14.2. The van der Waals surface area contributed by atoms with Gasteiger partial charge in [0.15, 0.2) is 5.75 Å². The summed E-state index contributed by atoms with van der Waals surface area (Å²) in [5.41, 5.74) is 1.36. The van der Waals surface area contributed by atoms with E-state index in [0.717, 1.165) is 11.6 Å². The van der Waals surface area contributed by atoms with Crippen molar-refractivity contribution in [1.82, 2.24) is 0 Å². The van der Waals surface area contributed by atoms with Crippen molar-refractivity contribution < 1.29 is 22.9 Å². The summed E-state index contributed by atoms with van der Waals surface area (Å²) < 4.78 is 33.4. The van der Waals surface area contributed by atoms with Crippen molar-refractivity contribution in [3.8, 4) is 11.5 Å². The summed E-state index contributed by atoms with van der Waals surface area (Å²) in [6.07, 6.45) is 0. The molecule has 1 aliphatic rings. The van der Waals surface area contributed by atoms with E-state index in [9.17, 15) is 23.3 Å². The van der Waals surface area contributed by atoms with Gasteiger partial charge in [-0.1, -0.05) is 12.1 Å². The molecule has 0 saturated heterocycles. The molecular formula is C20H15N3O6S. The van der Waals surface area contributed by atoms with Crippen molar-refractivity contribution in [2.24, 2.45) is 0 Å². The molecule has 30 heavy (non-hydrogen) atoms. The number of sulfonamides is 1. The molecule has 3 aromatic carbocycles. The van der Waals surface area contributed by atoms with Crippen LogP contribution in [0.1, 0.15) is 15.9 Å². The highest BCUT2D eigenvalue weighted by molar-refractivity contribution is 7.92. The molecule has 9 nitrogen and oxygen atoms in total. The maximum Gasteiger partial charge on any atom is 0.270 e. The monoisotopic (exact) mass is 425 g/mol. The van der Waals surface area contributed by atoms with Gasteiger partial charge in [0.1, 0.15) is 5.75 Å². The number of benzene rings is 3. The highest BCUT2D eigenvalue weighted by Crippen LogP contribution is 2.37. The number of nitrogens with zero attached hydrogens (tertiary/aromatic N) is 1. The van der Waals surface area contributed by atoms with Crippen LogP contribution >= 0.6 is 0 Å². The van der Waals surface area contributed by atoms with Crippen LogP contribution in [0.2, 0.25) is 0 Å². The zero-order valence-corrected chi connectivity index (χ0v) is 16.4. The van der Waals surface area contributed by atoms with Crippen molar-refractivity contribution >= 4 is 33.0 Å². The number of ether oxygens (including phenoxy) is 1. The van der Waals surface area contributed by atoms with Gasteiger partial charge in [-0.3, -0.25) is 19.6 Å². The molecule has 152 valence electrons. The molecule has 1 amide bonds. The molecule has 0 unspecified atom stereocenters. The number of aryl methyl sites for hydroxylation is 1. The van der Waals surface area contributed by atoms with Gasteiger partial charge in [-0.05, 0) is 48.9 Å². The number of carbonyl (C=O) groups excluding carboxylic acids is 1. The summed E-state index contributed by atoms with van der Waals surface area (Å²) in [6, 6.07) is 14.3. The van der Waals surface area contributed by atoms with E-state index in [1.54, 1.807) is 12.1 Å². The Morgan fingerprint density at radius 3 is 2.57 bits per heavy atom. The van der Waals surface area contributed by atoms with Gasteiger partial charge in [-0.2, -0.15) is 0 Å². The molecule has 0 saturated carbocycles. The zero-order chi connectivity index (χ0) is 21.5. The lowest BCUT2D eigenvalue weighted by molar-refractivity contribution is -0.385. The summed E-state index contributed by atoms with van der Waals surface area (Å²) in [5, 5.41) is 13.7. The summed E-state index contributed by atoms with van der Waals surface area (Å²) in [7, 11) is -4.11. The quantitative estimate of drug-likeness (QED) is 0.479. The third kappa shape index (κ3) is 3.67. The lowest BCUT2D eigenvalue weighted by atomic mass is 10.1. The highest BCUT2D eigenvalue weighted by Gasteiger charge is 2.23. The van der Waals surface area contributed by atoms with E-state index in [4.69, 9.17) is 4.74 Å². The number of rotatable bonds is 4. The molecule has 0 fully saturated rings. The number of nitro groups is 1. The number of hydrogen-bond donors (Lipinski definition) is 2. The second kappa shape index (κ2) is 7.16. The van der Waals surface area contributed by atoms with Crippen molar-refractivity contribution in [2.75, 3.05) is 10.0 Å². The van der Waals surface area contributed by atoms with E-state index in [1.807, 2.05) is 13.0 Å². The highest BCUT2D eigenvalue weighted by atomic mass is 32.2. The third-order valence-corrected chi connectivity index (χ3v) is 5.80. The molecule has 0 aliphatic carbocycles. The van der Waals surface area contributed by atoms with Gasteiger partial charge in [0, 0.05) is 17.8 Å². The molecule has 0 atom stereocenters. The Kier molecular flexibility index (Phi) is 4.63. The maximum absolute atomic E-state index is 12.6. The summed E-state index contributed by atoms with van der Waals surface area (Å²) in [5.74, 6) is 0.289. The molecular weight excluding hydrogens is 410 g/mol. The van der Waals surface area contributed by atoms with E-state index in [0.29, 0.717) is 11.4 Å². The molecule has 1 heterocycles. The van der Waals surface area contributed by atoms with Crippen molar-refractivity contribution in [3.63, 3.8) is 0 Å². The zero-order valence-electron chi connectivity index (χ0n) is 15.6. The predicted octanol–water partition coefficient (Wildman–Crippen LogP) is 4.06. The normalized spacial score (nSPS) is 12.6. The van der Waals surface area contributed by atoms with E-state index >= 15 is 0 Å². The van der Waals surface area contributed by atoms with Crippen LogP contribution in [-0.4, -0.2) is 19.2 Å². The van der Waals surface area contributed by atoms with Crippen LogP contribution in [0.15, 0.2) is 65.6 Å². The van der Waals surface area contributed by atoms with Crippen molar-refractivity contribution in [3.05, 3.63) is 81.9 Å². The minimum Gasteiger partial charge on any atom is -0.454 e. The number of carbonyl (C=O) groups is 1. The molecule has 4 rings (SSSR count). The Morgan fingerprint density at radius 1 is 1.03 bits per heavy atom. The number of fused-ring (bicyclic) bond motifs is 2. The van der Waals surface area contributed by atoms with Crippen LogP contribution in [0.3, 0.4) is 0 Å². The molecule has 2 N–H and O–H groups in total. The largest absolute Gasteiger partial charge is 0.454 e. The summed E-state index contributed by atoms with van der Waals surface area (Å²) in [6.45, 7) is 1.88. The minimum atomic E-state index is -4.11. The average Bonchev–Trinajstić information content (AvgIpc) is 2.83. The van der Waals surface area contributed by atoms with Gasteiger partial charge >= 0.3 is 0 Å². The maximum atomic E-state index is 12.6. The molecule has 0 bridgehead atoms. The third-order valence-electron chi connectivity index (χ3n) is 4.42. The average molecular weight is 425 g/mol. The molecule has 0 aromatic heterocycles. The van der Waals surface area contributed by atoms with E-state index in [2.05, 4.69) is 10.0 Å².